The highest BCUT2D eigenvalue weighted by Crippen LogP contribution is 2.47. The van der Waals surface area contributed by atoms with E-state index in [1.54, 1.807) is 30.3 Å². The van der Waals surface area contributed by atoms with E-state index >= 15 is 4.39 Å². The number of ether oxygens (including phenoxy) is 2. The Balaban J connectivity index is 1.36. The first-order chi connectivity index (χ1) is 32.0. The molecule has 0 radical (unpaired) electrons. The van der Waals surface area contributed by atoms with Crippen molar-refractivity contribution in [1.82, 2.24) is 38.4 Å². The number of hydrogen-bond donors (Lipinski definition) is 1. The molecular formula is C47H56F5N9O5SSi. The van der Waals surface area contributed by atoms with Crippen LogP contribution in [0.2, 0.25) is 16.6 Å². The second kappa shape index (κ2) is 16.8. The van der Waals surface area contributed by atoms with Crippen molar-refractivity contribution in [2.24, 2.45) is 14.1 Å². The van der Waals surface area contributed by atoms with E-state index < -0.39 is 46.1 Å². The number of alkyl halides is 3. The largest absolute Gasteiger partial charge is 0.518 e. The number of aromatic nitrogens is 7. The Labute approximate surface area is 392 Å². The van der Waals surface area contributed by atoms with E-state index in [9.17, 15) is 31.1 Å². The van der Waals surface area contributed by atoms with Gasteiger partial charge in [-0.15, -0.1) is 9.63 Å². The molecule has 4 aromatic heterocycles. The van der Waals surface area contributed by atoms with E-state index in [4.69, 9.17) is 24.5 Å². The van der Waals surface area contributed by atoms with Crippen LogP contribution in [0.4, 0.5) is 27.8 Å². The van der Waals surface area contributed by atoms with Gasteiger partial charge in [0.05, 0.1) is 65.3 Å². The van der Waals surface area contributed by atoms with Gasteiger partial charge < -0.3 is 24.0 Å². The van der Waals surface area contributed by atoms with Crippen LogP contribution in [0.15, 0.2) is 36.3 Å². The number of aryl methyl sites for hydroxylation is 2. The normalized spacial score (nSPS) is 21.7. The van der Waals surface area contributed by atoms with Crippen molar-refractivity contribution in [3.63, 3.8) is 0 Å². The fraction of sp³-hybridized carbons (Fsp3) is 0.532. The lowest BCUT2D eigenvalue weighted by molar-refractivity contribution is -0.0448. The highest BCUT2D eigenvalue weighted by molar-refractivity contribution is 7.90. The number of halogens is 5. The molecule has 14 nitrogen and oxygen atoms in total. The second-order valence-electron chi connectivity index (χ2n) is 20.0. The van der Waals surface area contributed by atoms with Crippen LogP contribution in [0, 0.1) is 17.3 Å². The van der Waals surface area contributed by atoms with Gasteiger partial charge in [-0.05, 0) is 72.4 Å². The molecular weight excluding hydrogens is 926 g/mol. The summed E-state index contributed by atoms with van der Waals surface area (Å²) in [6.07, 6.45) is 3.91. The molecule has 2 atom stereocenters. The first-order valence-corrected chi connectivity index (χ1v) is 26.6. The fourth-order valence-corrected chi connectivity index (χ4v) is 17.6. The van der Waals surface area contributed by atoms with Crippen LogP contribution < -0.4 is 9.64 Å². The van der Waals surface area contributed by atoms with E-state index in [2.05, 4.69) is 63.0 Å². The van der Waals surface area contributed by atoms with Crippen LogP contribution >= 0.6 is 0 Å². The minimum Gasteiger partial charge on any atom is -0.461 e. The van der Waals surface area contributed by atoms with Gasteiger partial charge in [-0.25, -0.2) is 8.78 Å². The Bertz CT molecular complexity index is 3200. The number of fused-ring (bicyclic) bond motifs is 6. The monoisotopic (exact) mass is 981 g/mol. The number of benzene rings is 2. The fourth-order valence-electron chi connectivity index (χ4n) is 11.6. The van der Waals surface area contributed by atoms with E-state index in [1.807, 2.05) is 4.90 Å². The van der Waals surface area contributed by atoms with Gasteiger partial charge in [0.25, 0.3) is 0 Å². The van der Waals surface area contributed by atoms with Gasteiger partial charge >= 0.3 is 21.5 Å². The molecule has 3 aliphatic rings. The molecule has 364 valence electrons. The van der Waals surface area contributed by atoms with Gasteiger partial charge in [0.2, 0.25) is 0 Å². The predicted octanol–water partition coefficient (Wildman–Crippen LogP) is 8.49. The molecule has 3 fully saturated rings. The van der Waals surface area contributed by atoms with Crippen LogP contribution in [-0.2, 0) is 28.9 Å². The zero-order valence-electron chi connectivity index (χ0n) is 39.6. The molecule has 0 saturated carbocycles. The van der Waals surface area contributed by atoms with Crippen LogP contribution in [0.1, 0.15) is 73.3 Å². The van der Waals surface area contributed by atoms with Crippen molar-refractivity contribution in [3.05, 3.63) is 47.7 Å². The van der Waals surface area contributed by atoms with Gasteiger partial charge in [-0.3, -0.25) is 9.58 Å². The molecule has 9 rings (SSSR count). The van der Waals surface area contributed by atoms with E-state index in [1.165, 1.54) is 18.2 Å². The second-order valence-corrected chi connectivity index (χ2v) is 27.3. The third-order valence-corrected chi connectivity index (χ3v) is 22.2. The molecule has 0 bridgehead atoms. The molecule has 68 heavy (non-hydrogen) atoms. The molecule has 3 aliphatic heterocycles. The summed E-state index contributed by atoms with van der Waals surface area (Å²) in [7, 11) is -5.13. The minimum absolute atomic E-state index is 0.0109. The first kappa shape index (κ1) is 47.9. The Morgan fingerprint density at radius 2 is 1.76 bits per heavy atom. The molecule has 0 aliphatic carbocycles. The number of rotatable bonds is 9. The van der Waals surface area contributed by atoms with Crippen molar-refractivity contribution in [3.8, 4) is 28.7 Å². The first-order valence-electron chi connectivity index (χ1n) is 22.9. The summed E-state index contributed by atoms with van der Waals surface area (Å²) in [5.41, 5.74) is -1.50. The van der Waals surface area contributed by atoms with Crippen LogP contribution in [-0.4, -0.2) is 123 Å². The number of aliphatic hydroxyl groups is 1. The van der Waals surface area contributed by atoms with Crippen molar-refractivity contribution >= 4 is 67.7 Å². The third-order valence-electron chi connectivity index (χ3n) is 14.6. The Hall–Kier alpha value is -5.14. The van der Waals surface area contributed by atoms with Gasteiger partial charge in [-0.2, -0.15) is 41.8 Å². The summed E-state index contributed by atoms with van der Waals surface area (Å²) in [6.45, 7) is 16.6. The van der Waals surface area contributed by atoms with Crippen molar-refractivity contribution in [2.45, 2.75) is 101 Å². The highest BCUT2D eigenvalue weighted by Gasteiger charge is 2.50. The minimum atomic E-state index is -6.04. The summed E-state index contributed by atoms with van der Waals surface area (Å²) in [5.74, 6) is 2.98. The standard InChI is InChI=1S/C47H56F5N9O5SSi/c1-27(2)68(28(3)4,29(5)6)18-13-32-34(49)12-11-31-19-35-33(22-53-61(35)67(63,64)47(50,51)52)37(36(31)32)39-41-40(58(9)56-39)38-42(57(41)8)54-44(55-43(38)59-16-17-65-25-45(7,62)24-59)66-26-46-14-10-15-60(46)23-30(20-46)21-48/h11-12,19,21-22,27-29,62H,10,14-17,20,23-26H2,1-9H3/b30-21-/t45-,46-/m0/s1. The van der Waals surface area contributed by atoms with Crippen LogP contribution in [0.5, 0.6) is 6.01 Å². The van der Waals surface area contributed by atoms with Crippen LogP contribution in [0.3, 0.4) is 0 Å². The molecule has 0 amide bonds. The van der Waals surface area contributed by atoms with Crippen molar-refractivity contribution in [2.75, 3.05) is 50.9 Å². The van der Waals surface area contributed by atoms with Crippen LogP contribution in [0.25, 0.3) is 55.0 Å². The van der Waals surface area contributed by atoms with Gasteiger partial charge in [0.15, 0.2) is 5.65 Å². The summed E-state index contributed by atoms with van der Waals surface area (Å²) in [4.78, 5) is 14.1. The molecule has 0 spiro atoms. The molecule has 3 saturated heterocycles. The molecule has 1 N–H and O–H groups in total. The predicted molar refractivity (Wildman–Crippen MR) is 254 cm³/mol. The molecule has 6 aromatic rings. The lowest BCUT2D eigenvalue weighted by atomic mass is 9.94. The Kier molecular flexibility index (Phi) is 11.8. The lowest BCUT2D eigenvalue weighted by Crippen LogP contribution is -2.44. The highest BCUT2D eigenvalue weighted by atomic mass is 32.2. The van der Waals surface area contributed by atoms with Gasteiger partial charge in [0, 0.05) is 43.5 Å². The smallest absolute Gasteiger partial charge is 0.461 e. The number of anilines is 1. The average Bonchev–Trinajstić information content (AvgIpc) is 4.05. The molecule has 2 aromatic carbocycles. The number of nitrogens with zero attached hydrogens (tertiary/aromatic N) is 9. The van der Waals surface area contributed by atoms with E-state index in [0.29, 0.717) is 59.3 Å². The maximum absolute atomic E-state index is 16.7. The molecule has 7 heterocycles. The quantitative estimate of drug-likeness (QED) is 0.0846. The zero-order chi connectivity index (χ0) is 49.0. The molecule has 0 unspecified atom stereocenters. The summed E-state index contributed by atoms with van der Waals surface area (Å²) >= 11 is 0. The topological polar surface area (TPSA) is 146 Å². The summed E-state index contributed by atoms with van der Waals surface area (Å²) in [6, 6.07) is 3.85. The summed E-state index contributed by atoms with van der Waals surface area (Å²) in [5, 5.41) is 21.2. The number of β-amino-alcohol motifs (C(OH)–C–C–N with tert-alkyl or cyclic N) is 1. The number of hydrogen-bond acceptors (Lipinski definition) is 11. The maximum atomic E-state index is 16.7. The van der Waals surface area contributed by atoms with Crippen molar-refractivity contribution < 1.29 is 45.0 Å². The van der Waals surface area contributed by atoms with Gasteiger partial charge in [-0.1, -0.05) is 53.5 Å². The van der Waals surface area contributed by atoms with Gasteiger partial charge in [0.1, 0.15) is 37.6 Å². The Morgan fingerprint density at radius 3 is 2.44 bits per heavy atom. The third kappa shape index (κ3) is 7.47. The summed E-state index contributed by atoms with van der Waals surface area (Å²) < 4.78 is 115. The SMILES string of the molecule is CC(C)[Si](C#Cc1c(F)ccc2cc3c(cnn3S(=O)(=O)C(F)(F)F)c(-c3nn(C)c4c5c(N6CCOC[C@@](C)(O)C6)nc(OC[C@@]67CCCN6C/C(=C\F)C7)nc5n(C)c34)c12)(C(C)C)C(C)C. The van der Waals surface area contributed by atoms with E-state index in [-0.39, 0.29) is 86.1 Å². The molecule has 21 heteroatoms. The van der Waals surface area contributed by atoms with E-state index in [0.717, 1.165) is 25.6 Å². The average molecular weight is 982 g/mol. The maximum Gasteiger partial charge on any atom is 0.518 e. The van der Waals surface area contributed by atoms with Crippen molar-refractivity contribution in [1.29, 1.82) is 0 Å². The zero-order valence-corrected chi connectivity index (χ0v) is 41.4. The lowest BCUT2D eigenvalue weighted by Gasteiger charge is -2.38. The Morgan fingerprint density at radius 1 is 1.04 bits per heavy atom.